The molecule has 0 aromatic heterocycles. The highest BCUT2D eigenvalue weighted by atomic mass is 32.1. The molecule has 0 unspecified atom stereocenters. The lowest BCUT2D eigenvalue weighted by Gasteiger charge is -2.33. The lowest BCUT2D eigenvalue weighted by molar-refractivity contribution is -0.149. The van der Waals surface area contributed by atoms with Crippen molar-refractivity contribution in [2.75, 3.05) is 25.0 Å². The highest BCUT2D eigenvalue weighted by Crippen LogP contribution is 2.20. The van der Waals surface area contributed by atoms with Crippen LogP contribution in [0, 0.1) is 12.8 Å². The number of rotatable bonds is 3. The van der Waals surface area contributed by atoms with Gasteiger partial charge >= 0.3 is 5.97 Å². The molecule has 0 bridgehead atoms. The number of aryl methyl sites for hydroxylation is 1. The Balaban J connectivity index is 1.86. The number of likely N-dealkylation sites (tertiary alicyclic amines) is 1. The Hall–Kier alpha value is -1.62. The van der Waals surface area contributed by atoms with Crippen LogP contribution in [0.5, 0.6) is 0 Å². The quantitative estimate of drug-likeness (QED) is 0.687. The number of nitrogens with one attached hydrogen (secondary N) is 1. The van der Waals surface area contributed by atoms with Gasteiger partial charge in [-0.1, -0.05) is 18.2 Å². The second-order valence-corrected chi connectivity index (χ2v) is 5.65. The number of thiocarbonyl (C=S) groups is 1. The normalized spacial score (nSPS) is 15.6. The fourth-order valence-electron chi connectivity index (χ4n) is 2.49. The van der Waals surface area contributed by atoms with E-state index in [0.717, 1.165) is 36.7 Å². The molecule has 114 valence electrons. The number of piperidine rings is 1. The van der Waals surface area contributed by atoms with E-state index in [4.69, 9.17) is 17.0 Å². The molecule has 1 heterocycles. The Kier molecular flexibility index (Phi) is 5.56. The minimum atomic E-state index is -0.0741. The molecular formula is C16H22N2O2S. The zero-order chi connectivity index (χ0) is 15.2. The minimum absolute atomic E-state index is 0.0162. The molecule has 0 radical (unpaired) electrons. The summed E-state index contributed by atoms with van der Waals surface area (Å²) in [5.74, 6) is -0.0580. The summed E-state index contributed by atoms with van der Waals surface area (Å²) < 4.78 is 5.08. The Morgan fingerprint density at radius 3 is 2.67 bits per heavy atom. The van der Waals surface area contributed by atoms with Crippen LogP contribution in [-0.2, 0) is 9.53 Å². The number of carbonyl (C=O) groups excluding carboxylic acids is 1. The number of ether oxygens (including phenoxy) is 1. The lowest BCUT2D eigenvalue weighted by atomic mass is 9.97. The lowest BCUT2D eigenvalue weighted by Crippen LogP contribution is -2.42. The fraction of sp³-hybridized carbons (Fsp3) is 0.500. The molecule has 1 aromatic rings. The smallest absolute Gasteiger partial charge is 0.309 e. The number of carbonyl (C=O) groups is 1. The van der Waals surface area contributed by atoms with Gasteiger partial charge in [0.2, 0.25) is 0 Å². The van der Waals surface area contributed by atoms with Crippen LogP contribution >= 0.6 is 12.2 Å². The van der Waals surface area contributed by atoms with Gasteiger partial charge in [-0.05, 0) is 50.5 Å². The predicted molar refractivity (Wildman–Crippen MR) is 88.3 cm³/mol. The molecule has 1 saturated heterocycles. The SMILES string of the molecule is CCOC(=O)C1CCN(C(=S)Nc2ccccc2C)CC1. The topological polar surface area (TPSA) is 41.6 Å². The third-order valence-corrected chi connectivity index (χ3v) is 4.15. The largest absolute Gasteiger partial charge is 0.466 e. The first kappa shape index (κ1) is 15.8. The zero-order valence-corrected chi connectivity index (χ0v) is 13.4. The highest BCUT2D eigenvalue weighted by molar-refractivity contribution is 7.80. The van der Waals surface area contributed by atoms with Crippen molar-refractivity contribution >= 4 is 29.0 Å². The monoisotopic (exact) mass is 306 g/mol. The number of esters is 1. The first-order valence-electron chi connectivity index (χ1n) is 7.40. The Bertz CT molecular complexity index is 511. The molecule has 0 amide bonds. The number of hydrogen-bond acceptors (Lipinski definition) is 3. The first-order chi connectivity index (χ1) is 10.1. The number of hydrogen-bond donors (Lipinski definition) is 1. The second kappa shape index (κ2) is 7.41. The van der Waals surface area contributed by atoms with E-state index < -0.39 is 0 Å². The van der Waals surface area contributed by atoms with Gasteiger partial charge in [0.05, 0.1) is 12.5 Å². The molecule has 2 rings (SSSR count). The Morgan fingerprint density at radius 2 is 2.05 bits per heavy atom. The molecule has 0 atom stereocenters. The van der Waals surface area contributed by atoms with Gasteiger partial charge in [0, 0.05) is 18.8 Å². The van der Waals surface area contributed by atoms with Gasteiger partial charge in [0.15, 0.2) is 5.11 Å². The standard InChI is InChI=1S/C16H22N2O2S/c1-3-20-15(19)13-8-10-18(11-9-13)16(21)17-14-7-5-4-6-12(14)2/h4-7,13H,3,8-11H2,1-2H3,(H,17,21). The van der Waals surface area contributed by atoms with E-state index in [2.05, 4.69) is 23.2 Å². The van der Waals surface area contributed by atoms with Crippen molar-refractivity contribution in [3.63, 3.8) is 0 Å². The van der Waals surface area contributed by atoms with Crippen molar-refractivity contribution in [1.82, 2.24) is 4.90 Å². The molecule has 0 saturated carbocycles. The molecule has 21 heavy (non-hydrogen) atoms. The summed E-state index contributed by atoms with van der Waals surface area (Å²) in [6, 6.07) is 8.07. The second-order valence-electron chi connectivity index (χ2n) is 5.26. The maximum atomic E-state index is 11.7. The van der Waals surface area contributed by atoms with Crippen LogP contribution in [0.25, 0.3) is 0 Å². The molecule has 0 spiro atoms. The molecule has 1 N–H and O–H groups in total. The summed E-state index contributed by atoms with van der Waals surface area (Å²) in [5, 5.41) is 4.02. The van der Waals surface area contributed by atoms with E-state index in [1.54, 1.807) is 0 Å². The molecule has 5 heteroatoms. The average molecular weight is 306 g/mol. The van der Waals surface area contributed by atoms with E-state index in [1.165, 1.54) is 5.56 Å². The van der Waals surface area contributed by atoms with Crippen LogP contribution in [0.4, 0.5) is 5.69 Å². The van der Waals surface area contributed by atoms with Crippen molar-refractivity contribution < 1.29 is 9.53 Å². The Morgan fingerprint density at radius 1 is 1.38 bits per heavy atom. The van der Waals surface area contributed by atoms with Gasteiger partial charge < -0.3 is 15.0 Å². The predicted octanol–water partition coefficient (Wildman–Crippen LogP) is 2.97. The Labute approximate surface area is 131 Å². The highest BCUT2D eigenvalue weighted by Gasteiger charge is 2.27. The van der Waals surface area contributed by atoms with E-state index in [1.807, 2.05) is 25.1 Å². The zero-order valence-electron chi connectivity index (χ0n) is 12.6. The van der Waals surface area contributed by atoms with Crippen LogP contribution in [0.15, 0.2) is 24.3 Å². The van der Waals surface area contributed by atoms with E-state index in [0.29, 0.717) is 6.61 Å². The summed E-state index contributed by atoms with van der Waals surface area (Å²) in [6.45, 7) is 5.93. The first-order valence-corrected chi connectivity index (χ1v) is 7.80. The fourth-order valence-corrected chi connectivity index (χ4v) is 2.78. The van der Waals surface area contributed by atoms with Crippen LogP contribution in [-0.4, -0.2) is 35.7 Å². The molecule has 1 aliphatic rings. The third-order valence-electron chi connectivity index (χ3n) is 3.79. The van der Waals surface area contributed by atoms with Crippen molar-refractivity contribution in [2.45, 2.75) is 26.7 Å². The van der Waals surface area contributed by atoms with Crippen molar-refractivity contribution in [3.8, 4) is 0 Å². The minimum Gasteiger partial charge on any atom is -0.466 e. The average Bonchev–Trinajstić information content (AvgIpc) is 2.50. The number of anilines is 1. The number of benzene rings is 1. The van der Waals surface area contributed by atoms with Gasteiger partial charge in [-0.2, -0.15) is 0 Å². The summed E-state index contributed by atoms with van der Waals surface area (Å²) in [6.07, 6.45) is 1.60. The van der Waals surface area contributed by atoms with Gasteiger partial charge in [-0.3, -0.25) is 4.79 Å². The molecule has 1 aromatic carbocycles. The van der Waals surface area contributed by atoms with E-state index in [9.17, 15) is 4.79 Å². The summed E-state index contributed by atoms with van der Waals surface area (Å²) >= 11 is 5.47. The molecule has 4 nitrogen and oxygen atoms in total. The van der Waals surface area contributed by atoms with Gasteiger partial charge in [-0.25, -0.2) is 0 Å². The van der Waals surface area contributed by atoms with Crippen molar-refractivity contribution in [3.05, 3.63) is 29.8 Å². The van der Waals surface area contributed by atoms with Crippen molar-refractivity contribution in [2.24, 2.45) is 5.92 Å². The molecule has 0 aliphatic carbocycles. The molecule has 1 aliphatic heterocycles. The van der Waals surface area contributed by atoms with Crippen molar-refractivity contribution in [1.29, 1.82) is 0 Å². The third kappa shape index (κ3) is 4.17. The van der Waals surface area contributed by atoms with Crippen LogP contribution in [0.3, 0.4) is 0 Å². The van der Waals surface area contributed by atoms with Gasteiger partial charge in [0.1, 0.15) is 0 Å². The van der Waals surface area contributed by atoms with E-state index >= 15 is 0 Å². The maximum Gasteiger partial charge on any atom is 0.309 e. The van der Waals surface area contributed by atoms with Crippen LogP contribution < -0.4 is 5.32 Å². The summed E-state index contributed by atoms with van der Waals surface area (Å²) in [4.78, 5) is 13.8. The maximum absolute atomic E-state index is 11.7. The van der Waals surface area contributed by atoms with Gasteiger partial charge in [-0.15, -0.1) is 0 Å². The molecular weight excluding hydrogens is 284 g/mol. The van der Waals surface area contributed by atoms with Crippen LogP contribution in [0.2, 0.25) is 0 Å². The van der Waals surface area contributed by atoms with Gasteiger partial charge in [0.25, 0.3) is 0 Å². The number of para-hydroxylation sites is 1. The summed E-state index contributed by atoms with van der Waals surface area (Å²) in [7, 11) is 0. The van der Waals surface area contributed by atoms with Crippen LogP contribution in [0.1, 0.15) is 25.3 Å². The number of nitrogens with zero attached hydrogens (tertiary/aromatic N) is 1. The molecule has 1 fully saturated rings. The summed E-state index contributed by atoms with van der Waals surface area (Å²) in [5.41, 5.74) is 2.20. The van der Waals surface area contributed by atoms with E-state index in [-0.39, 0.29) is 11.9 Å².